The number of aromatic nitrogens is 2. The van der Waals surface area contributed by atoms with Crippen molar-refractivity contribution in [3.05, 3.63) is 76.1 Å². The van der Waals surface area contributed by atoms with Gasteiger partial charge in [-0.25, -0.2) is 9.37 Å². The van der Waals surface area contributed by atoms with Crippen molar-refractivity contribution in [3.63, 3.8) is 0 Å². The van der Waals surface area contributed by atoms with E-state index in [4.69, 9.17) is 4.98 Å². The molecule has 3 aromatic rings. The van der Waals surface area contributed by atoms with E-state index in [1.165, 1.54) is 16.7 Å². The first kappa shape index (κ1) is 16.4. The largest absolute Gasteiger partial charge is 0.333 e. The molecule has 0 N–H and O–H groups in total. The van der Waals surface area contributed by atoms with E-state index in [1.54, 1.807) is 49.2 Å². The molecule has 1 aromatic heterocycles. The summed E-state index contributed by atoms with van der Waals surface area (Å²) in [5.74, 6) is 0.118. The van der Waals surface area contributed by atoms with Gasteiger partial charge in [-0.3, -0.25) is 14.2 Å². The molecule has 0 radical (unpaired) electrons. The molecule has 0 bridgehead atoms. The van der Waals surface area contributed by atoms with Crippen molar-refractivity contribution < 1.29 is 9.18 Å². The minimum atomic E-state index is -0.607. The molecular formula is C20H18FN3O2. The zero-order valence-electron chi connectivity index (χ0n) is 14.5. The van der Waals surface area contributed by atoms with Crippen LogP contribution in [0.4, 0.5) is 4.39 Å². The lowest BCUT2D eigenvalue weighted by atomic mass is 10.00. The van der Waals surface area contributed by atoms with Crippen LogP contribution in [0.3, 0.4) is 0 Å². The fourth-order valence-electron chi connectivity index (χ4n) is 3.58. The van der Waals surface area contributed by atoms with Gasteiger partial charge in [0.25, 0.3) is 5.56 Å². The number of benzene rings is 2. The maximum absolute atomic E-state index is 13.2. The number of rotatable bonds is 2. The number of nitrogens with zero attached hydrogens (tertiary/aromatic N) is 3. The number of carbonyl (C=O) groups excluding carboxylic acids is 1. The molecule has 6 heteroatoms. The van der Waals surface area contributed by atoms with E-state index < -0.39 is 6.04 Å². The minimum Gasteiger partial charge on any atom is -0.333 e. The maximum atomic E-state index is 13.2. The maximum Gasteiger partial charge on any atom is 0.262 e. The summed E-state index contributed by atoms with van der Waals surface area (Å²) in [6.07, 6.45) is 0.458. The quantitative estimate of drug-likeness (QED) is 0.713. The number of hydrogen-bond donors (Lipinski definition) is 0. The highest BCUT2D eigenvalue weighted by atomic mass is 19.1. The number of likely N-dealkylation sites (N-methyl/N-ethyl adjacent to an activating group) is 1. The van der Waals surface area contributed by atoms with Crippen LogP contribution in [0.5, 0.6) is 0 Å². The molecule has 0 spiro atoms. The van der Waals surface area contributed by atoms with Gasteiger partial charge in [0.1, 0.15) is 17.7 Å². The summed E-state index contributed by atoms with van der Waals surface area (Å²) < 4.78 is 14.7. The van der Waals surface area contributed by atoms with Crippen molar-refractivity contribution >= 4 is 16.8 Å². The van der Waals surface area contributed by atoms with Gasteiger partial charge in [-0.2, -0.15) is 0 Å². The summed E-state index contributed by atoms with van der Waals surface area (Å²) in [6.45, 7) is 1.72. The molecule has 0 aliphatic carbocycles. The SMILES string of the molecule is C[C@H]1C(=O)N(C)[C@@H](Cc2ccc(F)cc2)c2nc3ccccc3c(=O)n21. The number of halogens is 1. The van der Waals surface area contributed by atoms with Crippen LogP contribution in [0.2, 0.25) is 0 Å². The topological polar surface area (TPSA) is 55.2 Å². The van der Waals surface area contributed by atoms with Crippen LogP contribution < -0.4 is 5.56 Å². The molecule has 0 saturated carbocycles. The fraction of sp³-hybridized carbons (Fsp3) is 0.250. The fourth-order valence-corrected chi connectivity index (χ4v) is 3.58. The first-order valence-corrected chi connectivity index (χ1v) is 8.49. The Labute approximate surface area is 149 Å². The van der Waals surface area contributed by atoms with Crippen LogP contribution >= 0.6 is 0 Å². The lowest BCUT2D eigenvalue weighted by Crippen LogP contribution is -2.48. The van der Waals surface area contributed by atoms with Crippen LogP contribution in [0.15, 0.2) is 53.3 Å². The van der Waals surface area contributed by atoms with Gasteiger partial charge >= 0.3 is 0 Å². The lowest BCUT2D eigenvalue weighted by molar-refractivity contribution is -0.137. The van der Waals surface area contributed by atoms with E-state index in [-0.39, 0.29) is 23.3 Å². The van der Waals surface area contributed by atoms with E-state index in [2.05, 4.69) is 0 Å². The van der Waals surface area contributed by atoms with E-state index in [1.807, 2.05) is 6.07 Å². The van der Waals surface area contributed by atoms with Crippen molar-refractivity contribution in [2.75, 3.05) is 7.05 Å². The van der Waals surface area contributed by atoms with Crippen LogP contribution in [-0.4, -0.2) is 27.4 Å². The first-order chi connectivity index (χ1) is 12.5. The van der Waals surface area contributed by atoms with Gasteiger partial charge in [-0.05, 0) is 36.8 Å². The highest BCUT2D eigenvalue weighted by molar-refractivity contribution is 5.83. The molecule has 5 nitrogen and oxygen atoms in total. The lowest BCUT2D eigenvalue weighted by Gasteiger charge is -2.37. The Hall–Kier alpha value is -3.02. The van der Waals surface area contributed by atoms with Gasteiger partial charge in [0.15, 0.2) is 0 Å². The van der Waals surface area contributed by atoms with Crippen molar-refractivity contribution in [2.24, 2.45) is 0 Å². The molecule has 1 aliphatic rings. The van der Waals surface area contributed by atoms with Gasteiger partial charge < -0.3 is 4.90 Å². The monoisotopic (exact) mass is 351 g/mol. The Morgan fingerprint density at radius 3 is 2.50 bits per heavy atom. The summed E-state index contributed by atoms with van der Waals surface area (Å²) in [4.78, 5) is 32.0. The molecule has 0 saturated heterocycles. The second kappa shape index (κ2) is 6.05. The molecule has 0 fully saturated rings. The third kappa shape index (κ3) is 2.49. The first-order valence-electron chi connectivity index (χ1n) is 8.49. The van der Waals surface area contributed by atoms with Gasteiger partial charge in [-0.1, -0.05) is 24.3 Å². The average molecular weight is 351 g/mol. The van der Waals surface area contributed by atoms with Crippen molar-refractivity contribution in [3.8, 4) is 0 Å². The molecule has 0 unspecified atom stereocenters. The van der Waals surface area contributed by atoms with E-state index >= 15 is 0 Å². The van der Waals surface area contributed by atoms with Gasteiger partial charge in [0.05, 0.1) is 16.9 Å². The third-order valence-corrected chi connectivity index (χ3v) is 5.04. The number of hydrogen-bond acceptors (Lipinski definition) is 3. The van der Waals surface area contributed by atoms with Crippen molar-refractivity contribution in [1.29, 1.82) is 0 Å². The Kier molecular flexibility index (Phi) is 3.83. The zero-order valence-corrected chi connectivity index (χ0v) is 14.5. The number of carbonyl (C=O) groups is 1. The van der Waals surface area contributed by atoms with Crippen LogP contribution in [0.25, 0.3) is 10.9 Å². The smallest absolute Gasteiger partial charge is 0.262 e. The molecule has 2 heterocycles. The highest BCUT2D eigenvalue weighted by Crippen LogP contribution is 2.31. The minimum absolute atomic E-state index is 0.135. The molecule has 2 atom stereocenters. The predicted molar refractivity (Wildman–Crippen MR) is 96.3 cm³/mol. The molecule has 132 valence electrons. The summed E-state index contributed by atoms with van der Waals surface area (Å²) in [5.41, 5.74) is 1.28. The molecular weight excluding hydrogens is 333 g/mol. The molecule has 1 amide bonds. The summed E-state index contributed by atoms with van der Waals surface area (Å²) in [6, 6.07) is 12.3. The van der Waals surface area contributed by atoms with E-state index in [9.17, 15) is 14.0 Å². The van der Waals surface area contributed by atoms with Crippen LogP contribution in [0.1, 0.15) is 30.4 Å². The summed E-state index contributed by atoms with van der Waals surface area (Å²) >= 11 is 0. The number of amides is 1. The highest BCUT2D eigenvalue weighted by Gasteiger charge is 2.37. The normalized spacial score (nSPS) is 19.7. The van der Waals surface area contributed by atoms with Gasteiger partial charge in [0.2, 0.25) is 5.91 Å². The number of fused-ring (bicyclic) bond motifs is 2. The third-order valence-electron chi connectivity index (χ3n) is 5.04. The molecule has 2 aromatic carbocycles. The predicted octanol–water partition coefficient (Wildman–Crippen LogP) is 2.85. The number of para-hydroxylation sites is 1. The summed E-state index contributed by atoms with van der Waals surface area (Å²) in [7, 11) is 1.72. The Bertz CT molecular complexity index is 1060. The standard InChI is InChI=1S/C20H18FN3O2/c1-12-19(25)23(2)17(11-13-7-9-14(21)10-8-13)18-22-16-6-4-3-5-15(16)20(26)24(12)18/h3-10,12,17H,11H2,1-2H3/t12-,17-/m0/s1. The van der Waals surface area contributed by atoms with Gasteiger partial charge in [-0.15, -0.1) is 0 Å². The zero-order chi connectivity index (χ0) is 18.4. The van der Waals surface area contributed by atoms with Crippen LogP contribution in [0, 0.1) is 5.82 Å². The van der Waals surface area contributed by atoms with Crippen molar-refractivity contribution in [1.82, 2.24) is 14.5 Å². The Balaban J connectivity index is 1.90. The molecule has 26 heavy (non-hydrogen) atoms. The van der Waals surface area contributed by atoms with Gasteiger partial charge in [0, 0.05) is 13.5 Å². The molecule has 1 aliphatic heterocycles. The Morgan fingerprint density at radius 2 is 1.77 bits per heavy atom. The average Bonchev–Trinajstić information content (AvgIpc) is 2.65. The Morgan fingerprint density at radius 1 is 1.08 bits per heavy atom. The van der Waals surface area contributed by atoms with Crippen LogP contribution in [-0.2, 0) is 11.2 Å². The van der Waals surface area contributed by atoms with E-state index in [0.29, 0.717) is 23.1 Å². The second-order valence-corrected chi connectivity index (χ2v) is 6.63. The summed E-state index contributed by atoms with van der Waals surface area (Å²) in [5, 5.41) is 0.501. The van der Waals surface area contributed by atoms with Crippen molar-refractivity contribution in [2.45, 2.75) is 25.4 Å². The molecule has 4 rings (SSSR count). The van der Waals surface area contributed by atoms with E-state index in [0.717, 1.165) is 5.56 Å². The second-order valence-electron chi connectivity index (χ2n) is 6.63.